The Morgan fingerprint density at radius 1 is 1.47 bits per heavy atom. The number of anilines is 1. The van der Waals surface area contributed by atoms with Crippen LogP contribution in [0.15, 0.2) is 0 Å². The fraction of sp³-hybridized carbons (Fsp3) is 0.727. The van der Waals surface area contributed by atoms with Gasteiger partial charge < -0.3 is 11.1 Å². The summed E-state index contributed by atoms with van der Waals surface area (Å²) in [5.74, 6) is 0.630. The molecule has 1 fully saturated rings. The first-order valence-electron chi connectivity index (χ1n) is 6.15. The third kappa shape index (κ3) is 2.95. The monoisotopic (exact) mass is 237 g/mol. The number of hydrogen-bond acceptors (Lipinski definition) is 4. The van der Waals surface area contributed by atoms with Crippen LogP contribution in [0, 0.1) is 5.92 Å². The number of aromatic amines is 1. The second-order valence-corrected chi connectivity index (χ2v) is 4.70. The number of carbonyl (C=O) groups is 1. The Kier molecular flexibility index (Phi) is 3.61. The molecule has 1 aliphatic carbocycles. The highest BCUT2D eigenvalue weighted by Gasteiger charge is 2.22. The lowest BCUT2D eigenvalue weighted by Gasteiger charge is -2.27. The summed E-state index contributed by atoms with van der Waals surface area (Å²) in [6, 6.07) is 0.175. The van der Waals surface area contributed by atoms with Crippen molar-refractivity contribution in [2.45, 2.75) is 45.1 Å². The molecule has 1 heterocycles. The van der Waals surface area contributed by atoms with Crippen molar-refractivity contribution in [2.24, 2.45) is 5.92 Å². The van der Waals surface area contributed by atoms with E-state index < -0.39 is 0 Å². The van der Waals surface area contributed by atoms with Gasteiger partial charge in [0.1, 0.15) is 0 Å². The molecular formula is C11H19N5O. The lowest BCUT2D eigenvalue weighted by molar-refractivity contribution is 0.0909. The zero-order valence-corrected chi connectivity index (χ0v) is 10.1. The van der Waals surface area contributed by atoms with E-state index in [0.717, 1.165) is 0 Å². The van der Waals surface area contributed by atoms with Gasteiger partial charge >= 0.3 is 0 Å². The molecule has 0 spiro atoms. The minimum atomic E-state index is -0.229. The molecule has 0 saturated heterocycles. The maximum absolute atomic E-state index is 11.8. The lowest BCUT2D eigenvalue weighted by atomic mass is 9.84. The van der Waals surface area contributed by atoms with Crippen LogP contribution in [0.1, 0.15) is 49.6 Å². The summed E-state index contributed by atoms with van der Waals surface area (Å²) >= 11 is 0. The summed E-state index contributed by atoms with van der Waals surface area (Å²) < 4.78 is 0. The predicted molar refractivity (Wildman–Crippen MR) is 64.3 cm³/mol. The second-order valence-electron chi connectivity index (χ2n) is 4.70. The van der Waals surface area contributed by atoms with Crippen LogP contribution in [0.2, 0.25) is 0 Å². The van der Waals surface area contributed by atoms with Crippen molar-refractivity contribution in [3.05, 3.63) is 5.82 Å². The van der Waals surface area contributed by atoms with Crippen molar-refractivity contribution < 1.29 is 4.79 Å². The molecule has 0 radical (unpaired) electrons. The zero-order chi connectivity index (χ0) is 12.3. The number of aromatic nitrogens is 3. The van der Waals surface area contributed by atoms with E-state index in [2.05, 4.69) is 20.5 Å². The Hall–Kier alpha value is -1.59. The van der Waals surface area contributed by atoms with E-state index in [-0.39, 0.29) is 23.7 Å². The minimum absolute atomic E-state index is 0.0977. The van der Waals surface area contributed by atoms with Crippen LogP contribution in [0.5, 0.6) is 0 Å². The van der Waals surface area contributed by atoms with Gasteiger partial charge in [-0.1, -0.05) is 19.3 Å². The normalized spacial score (nSPS) is 18.9. The first-order valence-corrected chi connectivity index (χ1v) is 6.15. The van der Waals surface area contributed by atoms with Crippen molar-refractivity contribution in [1.82, 2.24) is 20.5 Å². The molecule has 0 aromatic carbocycles. The number of nitrogen functional groups attached to an aromatic ring is 1. The quantitative estimate of drug-likeness (QED) is 0.733. The molecule has 1 aromatic heterocycles. The van der Waals surface area contributed by atoms with E-state index in [1.54, 1.807) is 0 Å². The fourth-order valence-electron chi connectivity index (χ4n) is 2.40. The molecule has 1 aliphatic rings. The molecule has 4 N–H and O–H groups in total. The Morgan fingerprint density at radius 2 is 2.18 bits per heavy atom. The first kappa shape index (κ1) is 11.9. The van der Waals surface area contributed by atoms with Gasteiger partial charge in [-0.25, -0.2) is 0 Å². The van der Waals surface area contributed by atoms with E-state index in [1.165, 1.54) is 32.1 Å². The van der Waals surface area contributed by atoms with Gasteiger partial charge in [0.05, 0.1) is 0 Å². The van der Waals surface area contributed by atoms with Crippen LogP contribution in [0.4, 0.5) is 5.95 Å². The van der Waals surface area contributed by atoms with Crippen LogP contribution in [-0.4, -0.2) is 27.1 Å². The van der Waals surface area contributed by atoms with Gasteiger partial charge in [-0.3, -0.25) is 9.89 Å². The SMILES string of the molecule is C[C@@H](NC(=O)c1nc(N)n[nH]1)C1CCCCC1. The molecule has 0 bridgehead atoms. The second kappa shape index (κ2) is 5.16. The lowest BCUT2D eigenvalue weighted by Crippen LogP contribution is -2.39. The third-order valence-electron chi connectivity index (χ3n) is 3.43. The predicted octanol–water partition coefficient (Wildman–Crippen LogP) is 1.09. The number of H-pyrrole nitrogens is 1. The first-order chi connectivity index (χ1) is 8.16. The molecule has 94 valence electrons. The van der Waals surface area contributed by atoms with Gasteiger partial charge in [0.2, 0.25) is 11.8 Å². The molecule has 1 saturated carbocycles. The number of amides is 1. The molecule has 6 heteroatoms. The summed E-state index contributed by atoms with van der Waals surface area (Å²) in [5, 5.41) is 9.10. The molecule has 1 amide bonds. The number of rotatable bonds is 3. The van der Waals surface area contributed by atoms with Crippen molar-refractivity contribution in [1.29, 1.82) is 0 Å². The zero-order valence-electron chi connectivity index (χ0n) is 10.1. The maximum atomic E-state index is 11.8. The van der Waals surface area contributed by atoms with Crippen molar-refractivity contribution >= 4 is 11.9 Å². The molecule has 0 aliphatic heterocycles. The number of nitrogens with zero attached hydrogens (tertiary/aromatic N) is 2. The van der Waals surface area contributed by atoms with Gasteiger partial charge in [0, 0.05) is 6.04 Å². The van der Waals surface area contributed by atoms with Crippen LogP contribution in [0.3, 0.4) is 0 Å². The van der Waals surface area contributed by atoms with Gasteiger partial charge in [-0.15, -0.1) is 5.10 Å². The summed E-state index contributed by atoms with van der Waals surface area (Å²) in [4.78, 5) is 15.6. The highest BCUT2D eigenvalue weighted by molar-refractivity contribution is 5.90. The molecule has 1 aromatic rings. The van der Waals surface area contributed by atoms with Crippen LogP contribution in [-0.2, 0) is 0 Å². The minimum Gasteiger partial charge on any atom is -0.366 e. The molecule has 0 unspecified atom stereocenters. The van der Waals surface area contributed by atoms with Crippen molar-refractivity contribution in [3.63, 3.8) is 0 Å². The Morgan fingerprint density at radius 3 is 2.76 bits per heavy atom. The number of hydrogen-bond donors (Lipinski definition) is 3. The summed E-state index contributed by atoms with van der Waals surface area (Å²) in [5.41, 5.74) is 5.36. The Balaban J connectivity index is 1.89. The smallest absolute Gasteiger partial charge is 0.288 e. The number of nitrogens with one attached hydrogen (secondary N) is 2. The van der Waals surface area contributed by atoms with E-state index >= 15 is 0 Å². The molecule has 6 nitrogen and oxygen atoms in total. The van der Waals surface area contributed by atoms with Gasteiger partial charge in [-0.2, -0.15) is 4.98 Å². The molecular weight excluding hydrogens is 218 g/mol. The largest absolute Gasteiger partial charge is 0.366 e. The van der Waals surface area contributed by atoms with Gasteiger partial charge in [-0.05, 0) is 25.7 Å². The van der Waals surface area contributed by atoms with E-state index in [9.17, 15) is 4.79 Å². The molecule has 2 rings (SSSR count). The molecule has 17 heavy (non-hydrogen) atoms. The summed E-state index contributed by atoms with van der Waals surface area (Å²) in [7, 11) is 0. The average Bonchev–Trinajstić information content (AvgIpc) is 2.77. The Labute approximate surface area is 100 Å². The standard InChI is InChI=1S/C11H19N5O/c1-7(8-5-3-2-4-6-8)13-10(17)9-14-11(12)16-15-9/h7-8H,2-6H2,1H3,(H,13,17)(H3,12,14,15,16)/t7-/m1/s1. The number of nitrogens with two attached hydrogens (primary N) is 1. The topological polar surface area (TPSA) is 96.7 Å². The Bertz CT molecular complexity index is 383. The highest BCUT2D eigenvalue weighted by atomic mass is 16.2. The van der Waals surface area contributed by atoms with Crippen molar-refractivity contribution in [3.8, 4) is 0 Å². The third-order valence-corrected chi connectivity index (χ3v) is 3.43. The van der Waals surface area contributed by atoms with E-state index in [0.29, 0.717) is 5.92 Å². The summed E-state index contributed by atoms with van der Waals surface area (Å²) in [6.07, 6.45) is 6.23. The van der Waals surface area contributed by atoms with Crippen molar-refractivity contribution in [2.75, 3.05) is 5.73 Å². The maximum Gasteiger partial charge on any atom is 0.288 e. The van der Waals surface area contributed by atoms with E-state index in [4.69, 9.17) is 5.73 Å². The average molecular weight is 237 g/mol. The van der Waals surface area contributed by atoms with Gasteiger partial charge in [0.25, 0.3) is 5.91 Å². The van der Waals surface area contributed by atoms with E-state index in [1.807, 2.05) is 6.92 Å². The fourth-order valence-corrected chi connectivity index (χ4v) is 2.40. The van der Waals surface area contributed by atoms with Crippen LogP contribution >= 0.6 is 0 Å². The van der Waals surface area contributed by atoms with Crippen LogP contribution in [0.25, 0.3) is 0 Å². The van der Waals surface area contributed by atoms with Gasteiger partial charge in [0.15, 0.2) is 0 Å². The summed E-state index contributed by atoms with van der Waals surface area (Å²) in [6.45, 7) is 2.05. The molecule has 1 atom stereocenters. The van der Waals surface area contributed by atoms with Crippen LogP contribution < -0.4 is 11.1 Å². The highest BCUT2D eigenvalue weighted by Crippen LogP contribution is 2.26. The number of carbonyl (C=O) groups excluding carboxylic acids is 1.